The fourth-order valence-corrected chi connectivity index (χ4v) is 2.55. The Morgan fingerprint density at radius 1 is 1.44 bits per heavy atom. The molecule has 0 amide bonds. The lowest BCUT2D eigenvalue weighted by Crippen LogP contribution is -2.24. The maximum atomic E-state index is 4.78. The zero-order valence-electron chi connectivity index (χ0n) is 11.0. The van der Waals surface area contributed by atoms with Crippen molar-refractivity contribution in [1.82, 2.24) is 24.6 Å². The smallest absolute Gasteiger partial charge is 0.160 e. The minimum absolute atomic E-state index is 0.881. The lowest BCUT2D eigenvalue weighted by atomic mass is 10.2. The van der Waals surface area contributed by atoms with Gasteiger partial charge < -0.3 is 5.32 Å². The van der Waals surface area contributed by atoms with Crippen molar-refractivity contribution in [2.45, 2.75) is 32.7 Å². The number of fused-ring (bicyclic) bond motifs is 1. The first-order valence-corrected chi connectivity index (χ1v) is 6.59. The second-order valence-corrected chi connectivity index (χ2v) is 4.78. The van der Waals surface area contributed by atoms with Crippen LogP contribution in [0, 0.1) is 0 Å². The number of imidazole rings is 1. The van der Waals surface area contributed by atoms with Crippen molar-refractivity contribution in [2.24, 2.45) is 7.05 Å². The molecule has 5 heteroatoms. The molecular weight excluding hydrogens is 226 g/mol. The van der Waals surface area contributed by atoms with Crippen LogP contribution >= 0.6 is 0 Å². The van der Waals surface area contributed by atoms with Crippen LogP contribution in [0.4, 0.5) is 0 Å². The Balaban J connectivity index is 2.12. The molecule has 2 aromatic rings. The number of nitrogens with one attached hydrogen (secondary N) is 1. The fraction of sp³-hybridized carbons (Fsp3) is 0.538. The number of hydrogen-bond acceptors (Lipinski definition) is 3. The minimum Gasteiger partial charge on any atom is -0.311 e. The van der Waals surface area contributed by atoms with Crippen LogP contribution in [0.15, 0.2) is 12.3 Å². The van der Waals surface area contributed by atoms with Gasteiger partial charge in [-0.2, -0.15) is 5.10 Å². The molecule has 1 aliphatic heterocycles. The Labute approximate surface area is 107 Å². The first kappa shape index (κ1) is 11.5. The third kappa shape index (κ3) is 1.84. The summed E-state index contributed by atoms with van der Waals surface area (Å²) in [5, 5.41) is 7.90. The van der Waals surface area contributed by atoms with Gasteiger partial charge in [-0.25, -0.2) is 4.98 Å². The van der Waals surface area contributed by atoms with Crippen LogP contribution in [0.25, 0.3) is 5.82 Å². The molecule has 5 nitrogen and oxygen atoms in total. The van der Waals surface area contributed by atoms with Crippen molar-refractivity contribution in [3.8, 4) is 5.82 Å². The molecule has 0 aromatic carbocycles. The Bertz CT molecular complexity index is 552. The standard InChI is InChI=1S/C13H19N5/c1-3-4-12-15-10-9-14-7-5-11(10)18(12)13-6-8-17(2)16-13/h6,8,14H,3-5,7,9H2,1-2H3. The topological polar surface area (TPSA) is 47.7 Å². The molecule has 1 N–H and O–H groups in total. The molecule has 0 fully saturated rings. The lowest BCUT2D eigenvalue weighted by molar-refractivity contribution is 0.616. The average molecular weight is 245 g/mol. The lowest BCUT2D eigenvalue weighted by Gasteiger charge is -2.14. The molecule has 0 saturated carbocycles. The SMILES string of the molecule is CCCc1nc2c(n1-c1ccn(C)n1)CCNC2. The highest BCUT2D eigenvalue weighted by Gasteiger charge is 2.21. The van der Waals surface area contributed by atoms with Gasteiger partial charge in [0.1, 0.15) is 5.82 Å². The van der Waals surface area contributed by atoms with Crippen LogP contribution in [0.3, 0.4) is 0 Å². The third-order valence-electron chi connectivity index (χ3n) is 3.36. The first-order valence-electron chi connectivity index (χ1n) is 6.59. The monoisotopic (exact) mass is 245 g/mol. The Hall–Kier alpha value is -1.62. The maximum Gasteiger partial charge on any atom is 0.160 e. The molecule has 1 aliphatic rings. The second-order valence-electron chi connectivity index (χ2n) is 4.78. The van der Waals surface area contributed by atoms with E-state index in [4.69, 9.17) is 4.98 Å². The Morgan fingerprint density at radius 3 is 3.06 bits per heavy atom. The van der Waals surface area contributed by atoms with E-state index in [1.54, 1.807) is 0 Å². The van der Waals surface area contributed by atoms with Gasteiger partial charge in [0, 0.05) is 45.2 Å². The maximum absolute atomic E-state index is 4.78. The highest BCUT2D eigenvalue weighted by Crippen LogP contribution is 2.21. The molecule has 3 heterocycles. The molecule has 0 saturated heterocycles. The zero-order chi connectivity index (χ0) is 12.5. The van der Waals surface area contributed by atoms with Crippen LogP contribution in [0.1, 0.15) is 30.6 Å². The van der Waals surface area contributed by atoms with Crippen molar-refractivity contribution >= 4 is 0 Å². The Kier molecular flexibility index (Phi) is 2.91. The summed E-state index contributed by atoms with van der Waals surface area (Å²) in [6.45, 7) is 4.09. The van der Waals surface area contributed by atoms with Crippen molar-refractivity contribution in [3.63, 3.8) is 0 Å². The Morgan fingerprint density at radius 2 is 2.33 bits per heavy atom. The van der Waals surface area contributed by atoms with Gasteiger partial charge in [0.05, 0.1) is 11.4 Å². The van der Waals surface area contributed by atoms with Gasteiger partial charge in [-0.1, -0.05) is 6.92 Å². The molecule has 0 radical (unpaired) electrons. The van der Waals surface area contributed by atoms with E-state index in [0.717, 1.165) is 44.0 Å². The molecule has 3 rings (SSSR count). The molecule has 2 aromatic heterocycles. The number of aromatic nitrogens is 4. The predicted octanol–water partition coefficient (Wildman–Crippen LogP) is 1.20. The summed E-state index contributed by atoms with van der Waals surface area (Å²) in [4.78, 5) is 4.78. The molecule has 0 atom stereocenters. The van der Waals surface area contributed by atoms with Crippen LogP contribution in [-0.2, 0) is 26.4 Å². The van der Waals surface area contributed by atoms with Crippen LogP contribution in [0.2, 0.25) is 0 Å². The second kappa shape index (κ2) is 4.57. The van der Waals surface area contributed by atoms with Crippen LogP contribution in [0.5, 0.6) is 0 Å². The minimum atomic E-state index is 0.881. The van der Waals surface area contributed by atoms with E-state index in [1.807, 2.05) is 17.9 Å². The first-order chi connectivity index (χ1) is 8.79. The van der Waals surface area contributed by atoms with Gasteiger partial charge in [-0.15, -0.1) is 0 Å². The average Bonchev–Trinajstić information content (AvgIpc) is 2.92. The molecule has 0 aliphatic carbocycles. The highest BCUT2D eigenvalue weighted by molar-refractivity contribution is 5.32. The summed E-state index contributed by atoms with van der Waals surface area (Å²) in [5.74, 6) is 2.14. The summed E-state index contributed by atoms with van der Waals surface area (Å²) in [6, 6.07) is 2.06. The number of rotatable bonds is 3. The normalized spacial score (nSPS) is 14.8. The molecule has 0 unspecified atom stereocenters. The predicted molar refractivity (Wildman–Crippen MR) is 69.7 cm³/mol. The zero-order valence-corrected chi connectivity index (χ0v) is 11.0. The van der Waals surface area contributed by atoms with E-state index in [-0.39, 0.29) is 0 Å². The van der Waals surface area contributed by atoms with Crippen molar-refractivity contribution < 1.29 is 0 Å². The van der Waals surface area contributed by atoms with E-state index < -0.39 is 0 Å². The fourth-order valence-electron chi connectivity index (χ4n) is 2.55. The van der Waals surface area contributed by atoms with Crippen LogP contribution < -0.4 is 5.32 Å². The van der Waals surface area contributed by atoms with Gasteiger partial charge in [0.15, 0.2) is 5.82 Å². The molecule has 18 heavy (non-hydrogen) atoms. The number of aryl methyl sites for hydroxylation is 2. The quantitative estimate of drug-likeness (QED) is 0.884. The largest absolute Gasteiger partial charge is 0.311 e. The third-order valence-corrected chi connectivity index (χ3v) is 3.36. The van der Waals surface area contributed by atoms with E-state index in [2.05, 4.69) is 28.0 Å². The van der Waals surface area contributed by atoms with E-state index in [0.29, 0.717) is 0 Å². The van der Waals surface area contributed by atoms with Gasteiger partial charge in [-0.3, -0.25) is 9.25 Å². The number of nitrogens with zero attached hydrogens (tertiary/aromatic N) is 4. The molecule has 0 bridgehead atoms. The molecular formula is C13H19N5. The highest BCUT2D eigenvalue weighted by atomic mass is 15.3. The van der Waals surface area contributed by atoms with Gasteiger partial charge in [0.2, 0.25) is 0 Å². The van der Waals surface area contributed by atoms with Crippen molar-refractivity contribution in [2.75, 3.05) is 6.54 Å². The summed E-state index contributed by atoms with van der Waals surface area (Å²) in [7, 11) is 1.95. The van der Waals surface area contributed by atoms with E-state index in [9.17, 15) is 0 Å². The van der Waals surface area contributed by atoms with Crippen molar-refractivity contribution in [3.05, 3.63) is 29.5 Å². The number of hydrogen-bond donors (Lipinski definition) is 1. The van der Waals surface area contributed by atoms with E-state index >= 15 is 0 Å². The summed E-state index contributed by atoms with van der Waals surface area (Å²) < 4.78 is 4.10. The van der Waals surface area contributed by atoms with Gasteiger partial charge in [-0.05, 0) is 6.42 Å². The summed E-state index contributed by atoms with van der Waals surface area (Å²) in [5.41, 5.74) is 2.52. The molecule has 96 valence electrons. The van der Waals surface area contributed by atoms with Gasteiger partial charge >= 0.3 is 0 Å². The summed E-state index contributed by atoms with van der Waals surface area (Å²) >= 11 is 0. The molecule has 0 spiro atoms. The summed E-state index contributed by atoms with van der Waals surface area (Å²) in [6.07, 6.45) is 5.13. The van der Waals surface area contributed by atoms with Gasteiger partial charge in [0.25, 0.3) is 0 Å². The van der Waals surface area contributed by atoms with Crippen molar-refractivity contribution in [1.29, 1.82) is 0 Å². The van der Waals surface area contributed by atoms with E-state index in [1.165, 1.54) is 11.4 Å². The van der Waals surface area contributed by atoms with Crippen LogP contribution in [-0.4, -0.2) is 25.9 Å².